The van der Waals surface area contributed by atoms with E-state index in [9.17, 15) is 9.59 Å². The first-order chi connectivity index (χ1) is 13.6. The smallest absolute Gasteiger partial charge is 0.399 e. The van der Waals surface area contributed by atoms with Crippen molar-refractivity contribution < 1.29 is 14.3 Å². The van der Waals surface area contributed by atoms with E-state index in [0.29, 0.717) is 21.4 Å². The van der Waals surface area contributed by atoms with Crippen molar-refractivity contribution >= 4 is 55.6 Å². The largest absolute Gasteiger partial charge is 0.417 e. The number of hydrogen-bond donors (Lipinski definition) is 2. The molecule has 4 rings (SSSR count). The van der Waals surface area contributed by atoms with Crippen LogP contribution < -0.4 is 15.4 Å². The molecule has 4 aromatic rings. The lowest BCUT2D eigenvalue weighted by molar-refractivity contribution is 0.102. The van der Waals surface area contributed by atoms with E-state index < -0.39 is 6.09 Å². The van der Waals surface area contributed by atoms with Crippen molar-refractivity contribution in [1.82, 2.24) is 4.98 Å². The van der Waals surface area contributed by atoms with Gasteiger partial charge in [0, 0.05) is 33.6 Å². The number of aryl methyl sites for hydroxylation is 1. The lowest BCUT2D eigenvalue weighted by atomic mass is 10.1. The van der Waals surface area contributed by atoms with E-state index in [0.717, 1.165) is 15.6 Å². The summed E-state index contributed by atoms with van der Waals surface area (Å²) in [5.41, 5.74) is 1.81. The highest BCUT2D eigenvalue weighted by Crippen LogP contribution is 2.31. The summed E-state index contributed by atoms with van der Waals surface area (Å²) in [7, 11) is 0. The van der Waals surface area contributed by atoms with Crippen molar-refractivity contribution in [3.63, 3.8) is 0 Å². The van der Waals surface area contributed by atoms with Gasteiger partial charge in [-0.1, -0.05) is 29.5 Å². The van der Waals surface area contributed by atoms with Gasteiger partial charge in [0.1, 0.15) is 0 Å². The van der Waals surface area contributed by atoms with Gasteiger partial charge in [0.2, 0.25) is 0 Å². The van der Waals surface area contributed by atoms with Crippen molar-refractivity contribution in [3.05, 3.63) is 71.2 Å². The molecule has 2 N–H and O–H groups in total. The molecule has 0 saturated carbocycles. The Balaban J connectivity index is 1.42. The number of hydrogen-bond acceptors (Lipinski definition) is 6. The first-order valence-electron chi connectivity index (χ1n) is 8.37. The zero-order valence-electron chi connectivity index (χ0n) is 14.8. The van der Waals surface area contributed by atoms with Crippen LogP contribution in [0.4, 0.5) is 15.6 Å². The van der Waals surface area contributed by atoms with Gasteiger partial charge >= 0.3 is 6.09 Å². The Morgan fingerprint density at radius 3 is 2.68 bits per heavy atom. The highest BCUT2D eigenvalue weighted by Gasteiger charge is 2.13. The number of benzene rings is 2. The van der Waals surface area contributed by atoms with Crippen LogP contribution >= 0.6 is 22.7 Å². The van der Waals surface area contributed by atoms with Crippen molar-refractivity contribution in [1.29, 1.82) is 0 Å². The van der Waals surface area contributed by atoms with Crippen LogP contribution in [0.3, 0.4) is 0 Å². The van der Waals surface area contributed by atoms with Crippen molar-refractivity contribution in [2.75, 3.05) is 10.6 Å². The van der Waals surface area contributed by atoms with Gasteiger partial charge in [0.25, 0.3) is 5.91 Å². The molecule has 2 amide bonds. The molecule has 8 heteroatoms. The predicted octanol–water partition coefficient (Wildman–Crippen LogP) is 5.53. The third kappa shape index (κ3) is 4.03. The highest BCUT2D eigenvalue weighted by molar-refractivity contribution is 7.20. The number of nitrogens with one attached hydrogen (secondary N) is 2. The number of nitrogens with zero attached hydrogens (tertiary/aromatic N) is 1. The second-order valence-corrected chi connectivity index (χ2v) is 7.88. The molecular formula is C20H15N3O3S2. The number of anilines is 2. The summed E-state index contributed by atoms with van der Waals surface area (Å²) < 4.78 is 6.44. The van der Waals surface area contributed by atoms with Gasteiger partial charge in [-0.3, -0.25) is 15.4 Å². The normalized spacial score (nSPS) is 10.6. The van der Waals surface area contributed by atoms with E-state index in [1.807, 2.05) is 37.3 Å². The SMILES string of the molecule is Cc1cc(C(=O)Nc2nccs2)ccc1NC(=O)Oc1cc2ccccc2s1. The Hall–Kier alpha value is -3.23. The van der Waals surface area contributed by atoms with Crippen LogP contribution in [0.5, 0.6) is 5.06 Å². The molecule has 2 heterocycles. The second kappa shape index (κ2) is 7.79. The van der Waals surface area contributed by atoms with Crippen LogP contribution in [-0.4, -0.2) is 17.0 Å². The average Bonchev–Trinajstić information content (AvgIpc) is 3.32. The molecule has 140 valence electrons. The third-order valence-corrected chi connectivity index (χ3v) is 5.66. The molecule has 0 aliphatic heterocycles. The van der Waals surface area contributed by atoms with Crippen LogP contribution in [0.1, 0.15) is 15.9 Å². The summed E-state index contributed by atoms with van der Waals surface area (Å²) in [5.74, 6) is -0.252. The molecule has 0 fully saturated rings. The summed E-state index contributed by atoms with van der Waals surface area (Å²) in [4.78, 5) is 28.5. The Morgan fingerprint density at radius 2 is 1.93 bits per heavy atom. The first-order valence-corrected chi connectivity index (χ1v) is 10.1. The van der Waals surface area contributed by atoms with Crippen LogP contribution in [0.25, 0.3) is 10.1 Å². The molecule has 0 aliphatic carbocycles. The number of rotatable bonds is 4. The lowest BCUT2D eigenvalue weighted by Crippen LogP contribution is -2.17. The van der Waals surface area contributed by atoms with E-state index >= 15 is 0 Å². The van der Waals surface area contributed by atoms with Gasteiger partial charge in [-0.05, 0) is 42.1 Å². The minimum atomic E-state index is -0.574. The van der Waals surface area contributed by atoms with Crippen LogP contribution in [-0.2, 0) is 0 Å². The summed E-state index contributed by atoms with van der Waals surface area (Å²) in [5, 5.41) is 9.33. The maximum atomic E-state index is 12.3. The number of aromatic nitrogens is 1. The standard InChI is InChI=1S/C20H15N3O3S2/c1-12-10-14(18(24)23-19-21-8-9-27-19)6-7-15(12)22-20(25)26-17-11-13-4-2-3-5-16(13)28-17/h2-11H,1H3,(H,22,25)(H,21,23,24). The van der Waals surface area contributed by atoms with E-state index in [1.54, 1.807) is 29.8 Å². The second-order valence-electron chi connectivity index (χ2n) is 5.94. The fraction of sp³-hybridized carbons (Fsp3) is 0.0500. The number of thiophene rings is 1. The van der Waals surface area contributed by atoms with Gasteiger partial charge in [-0.2, -0.15) is 0 Å². The van der Waals surface area contributed by atoms with E-state index in [-0.39, 0.29) is 5.91 Å². The number of amides is 2. The topological polar surface area (TPSA) is 80.3 Å². The van der Waals surface area contributed by atoms with E-state index in [4.69, 9.17) is 4.74 Å². The minimum absolute atomic E-state index is 0.252. The highest BCUT2D eigenvalue weighted by atomic mass is 32.1. The zero-order valence-corrected chi connectivity index (χ0v) is 16.4. The van der Waals surface area contributed by atoms with Gasteiger partial charge in [-0.15, -0.1) is 11.3 Å². The molecule has 0 spiro atoms. The van der Waals surface area contributed by atoms with Crippen molar-refractivity contribution in [2.24, 2.45) is 0 Å². The van der Waals surface area contributed by atoms with Gasteiger partial charge in [0.15, 0.2) is 10.2 Å². The molecule has 0 radical (unpaired) electrons. The number of carbonyl (C=O) groups excluding carboxylic acids is 2. The third-order valence-electron chi connectivity index (χ3n) is 3.97. The van der Waals surface area contributed by atoms with Crippen LogP contribution in [0, 0.1) is 6.92 Å². The van der Waals surface area contributed by atoms with E-state index in [1.165, 1.54) is 22.7 Å². The fourth-order valence-corrected chi connectivity index (χ4v) is 4.07. The van der Waals surface area contributed by atoms with E-state index in [2.05, 4.69) is 15.6 Å². The Labute approximate surface area is 168 Å². The maximum Gasteiger partial charge on any atom is 0.417 e. The first kappa shape index (κ1) is 18.1. The molecule has 0 bridgehead atoms. The summed E-state index contributed by atoms with van der Waals surface area (Å²) in [6.45, 7) is 1.81. The Bertz CT molecular complexity index is 1120. The number of fused-ring (bicyclic) bond motifs is 1. The van der Waals surface area contributed by atoms with Crippen molar-refractivity contribution in [3.8, 4) is 5.06 Å². The number of ether oxygens (including phenoxy) is 1. The quantitative estimate of drug-likeness (QED) is 0.464. The maximum absolute atomic E-state index is 12.3. The summed E-state index contributed by atoms with van der Waals surface area (Å²) >= 11 is 2.76. The Morgan fingerprint density at radius 1 is 1.07 bits per heavy atom. The summed E-state index contributed by atoms with van der Waals surface area (Å²) in [6.07, 6.45) is 1.05. The van der Waals surface area contributed by atoms with Gasteiger partial charge < -0.3 is 4.74 Å². The van der Waals surface area contributed by atoms with Gasteiger partial charge in [-0.25, -0.2) is 9.78 Å². The van der Waals surface area contributed by atoms with Crippen LogP contribution in [0.2, 0.25) is 0 Å². The minimum Gasteiger partial charge on any atom is -0.399 e. The van der Waals surface area contributed by atoms with Gasteiger partial charge in [0.05, 0.1) is 0 Å². The zero-order chi connectivity index (χ0) is 19.5. The fourth-order valence-electron chi connectivity index (χ4n) is 2.63. The van der Waals surface area contributed by atoms with Crippen LogP contribution in [0.15, 0.2) is 60.1 Å². The average molecular weight is 409 g/mol. The number of carbonyl (C=O) groups is 2. The molecule has 2 aromatic carbocycles. The molecule has 0 aliphatic rings. The number of thiazole rings is 1. The van der Waals surface area contributed by atoms with Crippen molar-refractivity contribution in [2.45, 2.75) is 6.92 Å². The molecule has 0 saturated heterocycles. The molecule has 0 unspecified atom stereocenters. The Kier molecular flexibility index (Phi) is 5.05. The molecule has 2 aromatic heterocycles. The molecular weight excluding hydrogens is 394 g/mol. The molecule has 28 heavy (non-hydrogen) atoms. The predicted molar refractivity (Wildman–Crippen MR) is 113 cm³/mol. The monoisotopic (exact) mass is 409 g/mol. The summed E-state index contributed by atoms with van der Waals surface area (Å²) in [6, 6.07) is 14.7. The molecule has 0 atom stereocenters. The molecule has 6 nitrogen and oxygen atoms in total. The lowest BCUT2D eigenvalue weighted by Gasteiger charge is -2.10.